The zero-order chi connectivity index (χ0) is 16.6. The van der Waals surface area contributed by atoms with Gasteiger partial charge < -0.3 is 11.5 Å². The number of nitrogens with two attached hydrogens (primary N) is 2. The molecule has 1 heterocycles. The van der Waals surface area contributed by atoms with Crippen molar-refractivity contribution in [1.29, 1.82) is 0 Å². The predicted octanol–water partition coefficient (Wildman–Crippen LogP) is 3.96. The Morgan fingerprint density at radius 3 is 2.30 bits per heavy atom. The van der Waals surface area contributed by atoms with Crippen molar-refractivity contribution in [3.8, 4) is 11.1 Å². The molecule has 6 heteroatoms. The van der Waals surface area contributed by atoms with Gasteiger partial charge in [0.25, 0.3) is 0 Å². The Balaban J connectivity index is 2.41. The maximum absolute atomic E-state index is 13.0. The van der Waals surface area contributed by atoms with Crippen molar-refractivity contribution in [1.82, 2.24) is 4.98 Å². The summed E-state index contributed by atoms with van der Waals surface area (Å²) in [7, 11) is 0. The minimum Gasteiger partial charge on any atom is -0.383 e. The predicted molar refractivity (Wildman–Crippen MR) is 84.5 cm³/mol. The van der Waals surface area contributed by atoms with E-state index in [1.807, 2.05) is 30.3 Å². The number of benzene rings is 2. The number of fused-ring (bicyclic) bond motifs is 1. The van der Waals surface area contributed by atoms with Crippen LogP contribution in [-0.4, -0.2) is 4.98 Å². The number of anilines is 1. The minimum atomic E-state index is -4.42. The quantitative estimate of drug-likeness (QED) is 0.752. The number of nitrogen functional groups attached to an aromatic ring is 1. The van der Waals surface area contributed by atoms with E-state index in [9.17, 15) is 13.2 Å². The molecule has 0 aliphatic carbocycles. The molecule has 118 valence electrons. The second-order valence-corrected chi connectivity index (χ2v) is 5.15. The maximum Gasteiger partial charge on any atom is 0.416 e. The first-order valence-electron chi connectivity index (χ1n) is 6.96. The van der Waals surface area contributed by atoms with Gasteiger partial charge in [0.2, 0.25) is 0 Å². The molecule has 0 saturated carbocycles. The Morgan fingerprint density at radius 2 is 1.70 bits per heavy atom. The molecule has 0 spiro atoms. The van der Waals surface area contributed by atoms with E-state index in [0.717, 1.165) is 17.7 Å². The van der Waals surface area contributed by atoms with Gasteiger partial charge in [-0.1, -0.05) is 30.3 Å². The monoisotopic (exact) mass is 317 g/mol. The summed E-state index contributed by atoms with van der Waals surface area (Å²) in [6.45, 7) is 0.0925. The van der Waals surface area contributed by atoms with Crippen molar-refractivity contribution in [3.05, 3.63) is 59.7 Å². The van der Waals surface area contributed by atoms with Crippen LogP contribution in [0.3, 0.4) is 0 Å². The van der Waals surface area contributed by atoms with Crippen LogP contribution in [0.1, 0.15) is 11.1 Å². The molecule has 0 unspecified atom stereocenters. The third-order valence-electron chi connectivity index (χ3n) is 3.71. The first kappa shape index (κ1) is 15.3. The minimum absolute atomic E-state index is 0.0925. The molecule has 0 amide bonds. The number of hydrogen-bond acceptors (Lipinski definition) is 3. The summed E-state index contributed by atoms with van der Waals surface area (Å²) in [4.78, 5) is 4.19. The number of aromatic nitrogens is 1. The molecule has 2 aromatic carbocycles. The molecule has 23 heavy (non-hydrogen) atoms. The second kappa shape index (κ2) is 5.55. The van der Waals surface area contributed by atoms with E-state index in [-0.39, 0.29) is 12.4 Å². The molecular formula is C17H14F3N3. The van der Waals surface area contributed by atoms with Crippen LogP contribution in [0.15, 0.2) is 48.5 Å². The van der Waals surface area contributed by atoms with E-state index in [1.165, 1.54) is 6.07 Å². The Kier molecular flexibility index (Phi) is 3.69. The van der Waals surface area contributed by atoms with Gasteiger partial charge in [0.15, 0.2) is 0 Å². The average Bonchev–Trinajstić information content (AvgIpc) is 2.53. The van der Waals surface area contributed by atoms with Gasteiger partial charge >= 0.3 is 6.18 Å². The lowest BCUT2D eigenvalue weighted by atomic mass is 9.94. The number of hydrogen-bond donors (Lipinski definition) is 2. The van der Waals surface area contributed by atoms with Gasteiger partial charge in [0.05, 0.1) is 11.1 Å². The Morgan fingerprint density at radius 1 is 1.00 bits per heavy atom. The van der Waals surface area contributed by atoms with Gasteiger partial charge in [-0.15, -0.1) is 0 Å². The topological polar surface area (TPSA) is 64.9 Å². The summed E-state index contributed by atoms with van der Waals surface area (Å²) in [5, 5.41) is 0.390. The fourth-order valence-electron chi connectivity index (χ4n) is 2.64. The van der Waals surface area contributed by atoms with Gasteiger partial charge in [-0.25, -0.2) is 4.98 Å². The number of alkyl halides is 3. The molecular weight excluding hydrogens is 303 g/mol. The summed E-state index contributed by atoms with van der Waals surface area (Å²) in [6, 6.07) is 12.5. The van der Waals surface area contributed by atoms with E-state index >= 15 is 0 Å². The number of nitrogens with zero attached hydrogens (tertiary/aromatic N) is 1. The highest BCUT2D eigenvalue weighted by molar-refractivity contribution is 5.98. The second-order valence-electron chi connectivity index (χ2n) is 5.15. The fourth-order valence-corrected chi connectivity index (χ4v) is 2.64. The number of pyridine rings is 1. The lowest BCUT2D eigenvalue weighted by molar-refractivity contribution is -0.137. The molecule has 1 aromatic heterocycles. The van der Waals surface area contributed by atoms with E-state index in [2.05, 4.69) is 4.98 Å². The third-order valence-corrected chi connectivity index (χ3v) is 3.71. The summed E-state index contributed by atoms with van der Waals surface area (Å²) in [6.07, 6.45) is -4.42. The van der Waals surface area contributed by atoms with Crippen molar-refractivity contribution in [3.63, 3.8) is 0 Å². The summed E-state index contributed by atoms with van der Waals surface area (Å²) < 4.78 is 39.1. The SMILES string of the molecule is NCc1c(N)nc2ccc(C(F)(F)F)cc2c1-c1ccccc1. The van der Waals surface area contributed by atoms with E-state index in [0.29, 0.717) is 22.0 Å². The highest BCUT2D eigenvalue weighted by Gasteiger charge is 2.31. The van der Waals surface area contributed by atoms with Crippen LogP contribution in [0.2, 0.25) is 0 Å². The van der Waals surface area contributed by atoms with Gasteiger partial charge in [-0.05, 0) is 29.3 Å². The third kappa shape index (κ3) is 2.73. The van der Waals surface area contributed by atoms with Crippen molar-refractivity contribution in [2.75, 3.05) is 5.73 Å². The highest BCUT2D eigenvalue weighted by atomic mass is 19.4. The molecule has 0 aliphatic heterocycles. The van der Waals surface area contributed by atoms with Crippen LogP contribution in [0.5, 0.6) is 0 Å². The van der Waals surface area contributed by atoms with E-state index in [4.69, 9.17) is 11.5 Å². The molecule has 4 N–H and O–H groups in total. The van der Waals surface area contributed by atoms with Crippen molar-refractivity contribution in [2.24, 2.45) is 5.73 Å². The first-order chi connectivity index (χ1) is 10.9. The molecule has 0 bridgehead atoms. The smallest absolute Gasteiger partial charge is 0.383 e. The number of halogens is 3. The van der Waals surface area contributed by atoms with Gasteiger partial charge in [0.1, 0.15) is 5.82 Å². The molecule has 0 atom stereocenters. The zero-order valence-corrected chi connectivity index (χ0v) is 12.1. The largest absolute Gasteiger partial charge is 0.416 e. The van der Waals surface area contributed by atoms with Gasteiger partial charge in [-0.2, -0.15) is 13.2 Å². The molecule has 0 radical (unpaired) electrons. The Hall–Kier alpha value is -2.60. The zero-order valence-electron chi connectivity index (χ0n) is 12.1. The Bertz CT molecular complexity index is 858. The lowest BCUT2D eigenvalue weighted by Gasteiger charge is -2.16. The molecule has 3 rings (SSSR count). The summed E-state index contributed by atoms with van der Waals surface area (Å²) >= 11 is 0. The molecule has 0 aliphatic rings. The summed E-state index contributed by atoms with van der Waals surface area (Å²) in [5.74, 6) is 0.235. The molecule has 0 fully saturated rings. The van der Waals surface area contributed by atoms with E-state index in [1.54, 1.807) is 0 Å². The van der Waals surface area contributed by atoms with Crippen LogP contribution < -0.4 is 11.5 Å². The van der Waals surface area contributed by atoms with Crippen molar-refractivity contribution in [2.45, 2.75) is 12.7 Å². The van der Waals surface area contributed by atoms with Crippen molar-refractivity contribution < 1.29 is 13.2 Å². The van der Waals surface area contributed by atoms with Gasteiger partial charge in [-0.3, -0.25) is 0 Å². The van der Waals surface area contributed by atoms with Crippen LogP contribution >= 0.6 is 0 Å². The standard InChI is InChI=1S/C17H14F3N3/c18-17(19,20)11-6-7-14-12(8-11)15(10-4-2-1-3-5-10)13(9-21)16(22)23-14/h1-8H,9,21H2,(H2,22,23). The number of rotatable bonds is 2. The average molecular weight is 317 g/mol. The maximum atomic E-state index is 13.0. The summed E-state index contributed by atoms with van der Waals surface area (Å²) in [5.41, 5.74) is 13.3. The fraction of sp³-hybridized carbons (Fsp3) is 0.118. The van der Waals surface area contributed by atoms with Crippen LogP contribution in [0, 0.1) is 0 Å². The lowest BCUT2D eigenvalue weighted by Crippen LogP contribution is -2.08. The van der Waals surface area contributed by atoms with Crippen LogP contribution in [0.4, 0.5) is 19.0 Å². The van der Waals surface area contributed by atoms with Gasteiger partial charge in [0, 0.05) is 17.5 Å². The van der Waals surface area contributed by atoms with Crippen LogP contribution in [-0.2, 0) is 12.7 Å². The highest BCUT2D eigenvalue weighted by Crippen LogP contribution is 2.37. The molecule has 0 saturated heterocycles. The molecule has 3 nitrogen and oxygen atoms in total. The van der Waals surface area contributed by atoms with Crippen LogP contribution in [0.25, 0.3) is 22.0 Å². The van der Waals surface area contributed by atoms with E-state index < -0.39 is 11.7 Å². The normalized spacial score (nSPS) is 11.8. The Labute approximate surface area is 130 Å². The molecule has 3 aromatic rings. The van der Waals surface area contributed by atoms with Crippen molar-refractivity contribution >= 4 is 16.7 Å². The first-order valence-corrected chi connectivity index (χ1v) is 6.96.